The molecule has 0 aromatic carbocycles. The second-order valence-electron chi connectivity index (χ2n) is 6.02. The fraction of sp³-hybridized carbons (Fsp3) is 1.00. The van der Waals surface area contributed by atoms with E-state index >= 15 is 0 Å². The second kappa shape index (κ2) is 3.21. The molecule has 2 fully saturated rings. The van der Waals surface area contributed by atoms with Crippen molar-refractivity contribution < 1.29 is 0 Å². The SMILES string of the molecule is CCNC1CN(C(C)(C)C)CC12CC2. The molecular weight excluding hydrogens is 172 g/mol. The van der Waals surface area contributed by atoms with Gasteiger partial charge < -0.3 is 5.32 Å². The summed E-state index contributed by atoms with van der Waals surface area (Å²) in [7, 11) is 0. The molecule has 1 unspecified atom stereocenters. The van der Waals surface area contributed by atoms with Crippen LogP contribution >= 0.6 is 0 Å². The Morgan fingerprint density at radius 1 is 1.36 bits per heavy atom. The van der Waals surface area contributed by atoms with E-state index in [0.717, 1.165) is 12.6 Å². The summed E-state index contributed by atoms with van der Waals surface area (Å²) in [5.41, 5.74) is 1.00. The Labute approximate surface area is 88.1 Å². The van der Waals surface area contributed by atoms with Gasteiger partial charge in [-0.1, -0.05) is 6.92 Å². The van der Waals surface area contributed by atoms with Crippen molar-refractivity contribution in [2.75, 3.05) is 19.6 Å². The molecule has 82 valence electrons. The molecule has 2 heteroatoms. The molecule has 1 saturated carbocycles. The Kier molecular flexibility index (Phi) is 2.39. The predicted molar refractivity (Wildman–Crippen MR) is 60.5 cm³/mol. The maximum atomic E-state index is 3.66. The quantitative estimate of drug-likeness (QED) is 0.725. The summed E-state index contributed by atoms with van der Waals surface area (Å²) < 4.78 is 0. The summed E-state index contributed by atoms with van der Waals surface area (Å²) >= 11 is 0. The third kappa shape index (κ3) is 1.70. The molecule has 1 atom stereocenters. The minimum atomic E-state index is 0.347. The molecule has 2 rings (SSSR count). The molecule has 1 aliphatic heterocycles. The summed E-state index contributed by atoms with van der Waals surface area (Å²) in [6.07, 6.45) is 2.88. The van der Waals surface area contributed by atoms with Crippen molar-refractivity contribution in [3.8, 4) is 0 Å². The van der Waals surface area contributed by atoms with Gasteiger partial charge in [-0.15, -0.1) is 0 Å². The van der Waals surface area contributed by atoms with Crippen LogP contribution in [0.1, 0.15) is 40.5 Å². The summed E-state index contributed by atoms with van der Waals surface area (Å²) in [5.74, 6) is 0. The second-order valence-corrected chi connectivity index (χ2v) is 6.02. The number of likely N-dealkylation sites (tertiary alicyclic amines) is 1. The number of hydrogen-bond donors (Lipinski definition) is 1. The van der Waals surface area contributed by atoms with E-state index in [0.29, 0.717) is 11.0 Å². The topological polar surface area (TPSA) is 15.3 Å². The third-order valence-electron chi connectivity index (χ3n) is 3.94. The molecule has 0 bridgehead atoms. The predicted octanol–water partition coefficient (Wildman–Crippen LogP) is 1.86. The average molecular weight is 196 g/mol. The van der Waals surface area contributed by atoms with Crippen molar-refractivity contribution in [1.82, 2.24) is 10.2 Å². The van der Waals surface area contributed by atoms with Crippen LogP contribution in [0.25, 0.3) is 0 Å². The number of rotatable bonds is 2. The van der Waals surface area contributed by atoms with Gasteiger partial charge >= 0.3 is 0 Å². The molecule has 2 nitrogen and oxygen atoms in total. The standard InChI is InChI=1S/C12H24N2/c1-5-13-10-8-14(11(2,3)4)9-12(10)6-7-12/h10,13H,5-9H2,1-4H3. The van der Waals surface area contributed by atoms with Crippen molar-refractivity contribution >= 4 is 0 Å². The number of nitrogens with zero attached hydrogens (tertiary/aromatic N) is 1. The lowest BCUT2D eigenvalue weighted by molar-refractivity contribution is 0.164. The van der Waals surface area contributed by atoms with E-state index in [1.54, 1.807) is 0 Å². The van der Waals surface area contributed by atoms with E-state index in [4.69, 9.17) is 0 Å². The highest BCUT2D eigenvalue weighted by atomic mass is 15.3. The van der Waals surface area contributed by atoms with E-state index in [-0.39, 0.29) is 0 Å². The van der Waals surface area contributed by atoms with Crippen molar-refractivity contribution in [1.29, 1.82) is 0 Å². The highest BCUT2D eigenvalue weighted by Crippen LogP contribution is 2.53. The van der Waals surface area contributed by atoms with Crippen molar-refractivity contribution in [3.63, 3.8) is 0 Å². The minimum Gasteiger partial charge on any atom is -0.312 e. The molecule has 1 N–H and O–H groups in total. The smallest absolute Gasteiger partial charge is 0.0263 e. The first kappa shape index (κ1) is 10.4. The number of likely N-dealkylation sites (N-methyl/N-ethyl adjacent to an activating group) is 1. The lowest BCUT2D eigenvalue weighted by atomic mass is 10.0. The van der Waals surface area contributed by atoms with Gasteiger partial charge in [-0.3, -0.25) is 4.90 Å². The summed E-state index contributed by atoms with van der Waals surface area (Å²) in [4.78, 5) is 2.65. The summed E-state index contributed by atoms with van der Waals surface area (Å²) in [6, 6.07) is 0.756. The van der Waals surface area contributed by atoms with Crippen LogP contribution in [0.4, 0.5) is 0 Å². The molecular formula is C12H24N2. The first-order valence-corrected chi connectivity index (χ1v) is 5.96. The number of hydrogen-bond acceptors (Lipinski definition) is 2. The van der Waals surface area contributed by atoms with Gasteiger partial charge in [-0.05, 0) is 45.6 Å². The van der Waals surface area contributed by atoms with Crippen molar-refractivity contribution in [2.45, 2.75) is 52.1 Å². The molecule has 1 spiro atoms. The average Bonchev–Trinajstić information content (AvgIpc) is 2.71. The maximum absolute atomic E-state index is 3.66. The van der Waals surface area contributed by atoms with Crippen LogP contribution in [0.3, 0.4) is 0 Å². The Balaban J connectivity index is 2.02. The molecule has 0 radical (unpaired) electrons. The number of nitrogens with one attached hydrogen (secondary N) is 1. The van der Waals surface area contributed by atoms with Crippen molar-refractivity contribution in [2.24, 2.45) is 5.41 Å². The van der Waals surface area contributed by atoms with E-state index in [1.807, 2.05) is 0 Å². The van der Waals surface area contributed by atoms with Gasteiger partial charge in [0.25, 0.3) is 0 Å². The molecule has 1 saturated heterocycles. The van der Waals surface area contributed by atoms with Crippen LogP contribution in [0.5, 0.6) is 0 Å². The minimum absolute atomic E-state index is 0.347. The van der Waals surface area contributed by atoms with Gasteiger partial charge in [0.15, 0.2) is 0 Å². The summed E-state index contributed by atoms with van der Waals surface area (Å²) in [6.45, 7) is 12.9. The lowest BCUT2D eigenvalue weighted by Gasteiger charge is -2.31. The Morgan fingerprint density at radius 3 is 2.43 bits per heavy atom. The van der Waals surface area contributed by atoms with E-state index in [9.17, 15) is 0 Å². The van der Waals surface area contributed by atoms with Gasteiger partial charge in [0, 0.05) is 24.7 Å². The maximum Gasteiger partial charge on any atom is 0.0263 e. The van der Waals surface area contributed by atoms with Crippen LogP contribution < -0.4 is 5.32 Å². The fourth-order valence-corrected chi connectivity index (χ4v) is 2.67. The molecule has 0 amide bonds. The first-order valence-electron chi connectivity index (χ1n) is 5.96. The van der Waals surface area contributed by atoms with Gasteiger partial charge in [0.05, 0.1) is 0 Å². The monoisotopic (exact) mass is 196 g/mol. The normalized spacial score (nSPS) is 31.3. The Hall–Kier alpha value is -0.0800. The highest BCUT2D eigenvalue weighted by molar-refractivity contribution is 5.11. The summed E-state index contributed by atoms with van der Waals surface area (Å²) in [5, 5.41) is 3.66. The van der Waals surface area contributed by atoms with E-state index in [1.165, 1.54) is 25.9 Å². The van der Waals surface area contributed by atoms with Gasteiger partial charge in [0.2, 0.25) is 0 Å². The molecule has 2 aliphatic rings. The molecule has 1 heterocycles. The molecule has 14 heavy (non-hydrogen) atoms. The highest BCUT2D eigenvalue weighted by Gasteiger charge is 2.55. The van der Waals surface area contributed by atoms with Crippen LogP contribution in [0, 0.1) is 5.41 Å². The van der Waals surface area contributed by atoms with Gasteiger partial charge in [0.1, 0.15) is 0 Å². The van der Waals surface area contributed by atoms with Crippen LogP contribution in [0.2, 0.25) is 0 Å². The van der Waals surface area contributed by atoms with Crippen LogP contribution in [-0.4, -0.2) is 36.1 Å². The third-order valence-corrected chi connectivity index (χ3v) is 3.94. The largest absolute Gasteiger partial charge is 0.312 e. The van der Waals surface area contributed by atoms with Crippen LogP contribution in [-0.2, 0) is 0 Å². The molecule has 0 aromatic heterocycles. The molecule has 1 aliphatic carbocycles. The zero-order chi connectivity index (χ0) is 10.4. The van der Waals surface area contributed by atoms with Crippen LogP contribution in [0.15, 0.2) is 0 Å². The zero-order valence-corrected chi connectivity index (χ0v) is 10.1. The first-order chi connectivity index (χ1) is 6.48. The zero-order valence-electron chi connectivity index (χ0n) is 10.1. The van der Waals surface area contributed by atoms with E-state index in [2.05, 4.69) is 37.9 Å². The van der Waals surface area contributed by atoms with Crippen molar-refractivity contribution in [3.05, 3.63) is 0 Å². The Bertz CT molecular complexity index is 213. The van der Waals surface area contributed by atoms with Gasteiger partial charge in [-0.2, -0.15) is 0 Å². The molecule has 0 aromatic rings. The van der Waals surface area contributed by atoms with E-state index < -0.39 is 0 Å². The van der Waals surface area contributed by atoms with Gasteiger partial charge in [-0.25, -0.2) is 0 Å². The Morgan fingerprint density at radius 2 is 2.00 bits per heavy atom. The fourth-order valence-electron chi connectivity index (χ4n) is 2.67. The lowest BCUT2D eigenvalue weighted by Crippen LogP contribution is -2.42.